The van der Waals surface area contributed by atoms with E-state index < -0.39 is 5.97 Å². The predicted octanol–water partition coefficient (Wildman–Crippen LogP) is 5.48. The third-order valence-electron chi connectivity index (χ3n) is 4.41. The number of rotatable bonds is 5. The zero-order valence-corrected chi connectivity index (χ0v) is 15.5. The minimum Gasteiger partial charge on any atom is -0.477 e. The number of carboxylic acid groups (broad SMARTS) is 1. The largest absolute Gasteiger partial charge is 0.477 e. The Morgan fingerprint density at radius 3 is 2.10 bits per heavy atom. The van der Waals surface area contributed by atoms with E-state index in [4.69, 9.17) is 4.74 Å². The summed E-state index contributed by atoms with van der Waals surface area (Å²) in [6.45, 7) is 1.96. The summed E-state index contributed by atoms with van der Waals surface area (Å²) in [5.74, 6) is -0.278. The first-order valence-corrected chi connectivity index (χ1v) is 8.94. The Hall–Kier alpha value is -3.93. The van der Waals surface area contributed by atoms with Crippen LogP contribution < -0.4 is 4.74 Å². The average molecular weight is 388 g/mol. The lowest BCUT2D eigenvalue weighted by Gasteiger charge is -2.06. The second-order valence-corrected chi connectivity index (χ2v) is 6.55. The van der Waals surface area contributed by atoms with Crippen molar-refractivity contribution in [3.05, 3.63) is 95.9 Å². The molecule has 0 radical (unpaired) electrons. The molecule has 0 bridgehead atoms. The summed E-state index contributed by atoms with van der Waals surface area (Å²) in [4.78, 5) is 11.7. The molecule has 0 atom stereocenters. The Kier molecular flexibility index (Phi) is 4.83. The monoisotopic (exact) mass is 388 g/mol. The number of carbonyl (C=O) groups is 1. The normalized spacial score (nSPS) is 10.7. The maximum Gasteiger partial charge on any atom is 0.354 e. The van der Waals surface area contributed by atoms with E-state index in [0.717, 1.165) is 11.1 Å². The highest BCUT2D eigenvalue weighted by atomic mass is 19.1. The van der Waals surface area contributed by atoms with Gasteiger partial charge in [-0.15, -0.1) is 0 Å². The Labute approximate surface area is 166 Å². The summed E-state index contributed by atoms with van der Waals surface area (Å²) in [7, 11) is 0. The fourth-order valence-electron chi connectivity index (χ4n) is 2.89. The second kappa shape index (κ2) is 7.59. The topological polar surface area (TPSA) is 64.4 Å². The third kappa shape index (κ3) is 4.01. The zero-order chi connectivity index (χ0) is 20.4. The van der Waals surface area contributed by atoms with Crippen molar-refractivity contribution < 1.29 is 19.0 Å². The van der Waals surface area contributed by atoms with Crippen molar-refractivity contribution in [3.8, 4) is 28.4 Å². The van der Waals surface area contributed by atoms with Gasteiger partial charge in [-0.25, -0.2) is 13.9 Å². The van der Waals surface area contributed by atoms with Gasteiger partial charge in [0.15, 0.2) is 5.69 Å². The smallest absolute Gasteiger partial charge is 0.354 e. The highest BCUT2D eigenvalue weighted by Crippen LogP contribution is 2.27. The fraction of sp³-hybridized carbons (Fsp3) is 0.0435. The molecule has 0 aliphatic rings. The first kappa shape index (κ1) is 18.4. The third-order valence-corrected chi connectivity index (χ3v) is 4.41. The summed E-state index contributed by atoms with van der Waals surface area (Å²) in [5, 5.41) is 14.0. The molecule has 144 valence electrons. The molecule has 0 aliphatic heterocycles. The number of hydrogen-bond donors (Lipinski definition) is 1. The van der Waals surface area contributed by atoms with Crippen LogP contribution in [-0.2, 0) is 0 Å². The molecule has 0 spiro atoms. The van der Waals surface area contributed by atoms with Crippen molar-refractivity contribution in [2.45, 2.75) is 6.92 Å². The number of aromatic carboxylic acids is 1. The first-order valence-electron chi connectivity index (χ1n) is 8.94. The van der Waals surface area contributed by atoms with Crippen molar-refractivity contribution >= 4 is 5.97 Å². The van der Waals surface area contributed by atoms with Gasteiger partial charge >= 0.3 is 5.97 Å². The number of nitrogens with zero attached hydrogens (tertiary/aromatic N) is 2. The van der Waals surface area contributed by atoms with E-state index in [1.165, 1.54) is 22.9 Å². The maximum atomic E-state index is 13.0. The molecule has 1 N–H and O–H groups in total. The highest BCUT2D eigenvalue weighted by molar-refractivity contribution is 5.88. The molecular weight excluding hydrogens is 371 g/mol. The van der Waals surface area contributed by atoms with Gasteiger partial charge in [0.25, 0.3) is 0 Å². The van der Waals surface area contributed by atoms with Gasteiger partial charge < -0.3 is 9.84 Å². The summed E-state index contributed by atoms with van der Waals surface area (Å²) in [6, 6.07) is 21.9. The molecule has 0 amide bonds. The van der Waals surface area contributed by atoms with Crippen LogP contribution in [0.3, 0.4) is 0 Å². The number of aromatic nitrogens is 2. The fourth-order valence-corrected chi connectivity index (χ4v) is 2.89. The maximum absolute atomic E-state index is 13.0. The minimum absolute atomic E-state index is 0.0792. The molecule has 4 aromatic rings. The Morgan fingerprint density at radius 2 is 1.52 bits per heavy atom. The van der Waals surface area contributed by atoms with Crippen LogP contribution in [0.5, 0.6) is 11.5 Å². The van der Waals surface area contributed by atoms with E-state index in [2.05, 4.69) is 5.10 Å². The summed E-state index contributed by atoms with van der Waals surface area (Å²) >= 11 is 0. The van der Waals surface area contributed by atoms with Crippen molar-refractivity contribution in [1.82, 2.24) is 9.78 Å². The van der Waals surface area contributed by atoms with Crippen LogP contribution in [0.25, 0.3) is 16.9 Å². The standard InChI is InChI=1S/C23H17FN2O3/c1-15-2-8-18(9-3-15)26-22(23(27)28)14-21(25-26)16-4-10-19(11-5-16)29-20-12-6-17(24)7-13-20/h2-14H,1H3,(H,27,28). The summed E-state index contributed by atoms with van der Waals surface area (Å²) < 4.78 is 20.1. The van der Waals surface area contributed by atoms with Gasteiger partial charge in [0.1, 0.15) is 17.3 Å². The number of benzene rings is 3. The molecule has 3 aromatic carbocycles. The average Bonchev–Trinajstić information content (AvgIpc) is 3.17. The van der Waals surface area contributed by atoms with Gasteiger partial charge in [-0.05, 0) is 73.7 Å². The molecule has 1 heterocycles. The second-order valence-electron chi connectivity index (χ2n) is 6.55. The molecule has 5 nitrogen and oxygen atoms in total. The van der Waals surface area contributed by atoms with Gasteiger partial charge in [-0.2, -0.15) is 5.10 Å². The van der Waals surface area contributed by atoms with Crippen molar-refractivity contribution in [3.63, 3.8) is 0 Å². The van der Waals surface area contributed by atoms with Crippen LogP contribution in [0.15, 0.2) is 78.9 Å². The molecule has 0 unspecified atom stereocenters. The quantitative estimate of drug-likeness (QED) is 0.492. The van der Waals surface area contributed by atoms with Crippen molar-refractivity contribution in [2.75, 3.05) is 0 Å². The molecule has 1 aromatic heterocycles. The lowest BCUT2D eigenvalue weighted by molar-refractivity contribution is 0.0687. The van der Waals surface area contributed by atoms with Crippen molar-refractivity contribution in [2.24, 2.45) is 0 Å². The van der Waals surface area contributed by atoms with Crippen LogP contribution in [0.1, 0.15) is 16.1 Å². The van der Waals surface area contributed by atoms with Gasteiger partial charge in [-0.3, -0.25) is 0 Å². The Bertz CT molecular complexity index is 1150. The lowest BCUT2D eigenvalue weighted by Crippen LogP contribution is -2.07. The van der Waals surface area contributed by atoms with Crippen LogP contribution in [0.2, 0.25) is 0 Å². The molecule has 0 aliphatic carbocycles. The molecule has 0 saturated heterocycles. The number of aryl methyl sites for hydroxylation is 1. The highest BCUT2D eigenvalue weighted by Gasteiger charge is 2.16. The number of halogens is 1. The van der Waals surface area contributed by atoms with E-state index in [1.807, 2.05) is 31.2 Å². The SMILES string of the molecule is Cc1ccc(-n2nc(-c3ccc(Oc4ccc(F)cc4)cc3)cc2C(=O)O)cc1. The van der Waals surface area contributed by atoms with Crippen LogP contribution in [0, 0.1) is 12.7 Å². The predicted molar refractivity (Wildman–Crippen MR) is 107 cm³/mol. The first-order chi connectivity index (χ1) is 14.0. The summed E-state index contributed by atoms with van der Waals surface area (Å²) in [6.07, 6.45) is 0. The van der Waals surface area contributed by atoms with Crippen LogP contribution >= 0.6 is 0 Å². The van der Waals surface area contributed by atoms with E-state index in [0.29, 0.717) is 22.9 Å². The minimum atomic E-state index is -1.06. The summed E-state index contributed by atoms with van der Waals surface area (Å²) in [5.41, 5.74) is 3.13. The van der Waals surface area contributed by atoms with Crippen LogP contribution in [0.4, 0.5) is 4.39 Å². The molecule has 4 rings (SSSR count). The lowest BCUT2D eigenvalue weighted by atomic mass is 10.1. The Balaban J connectivity index is 1.62. The van der Waals surface area contributed by atoms with Gasteiger partial charge in [-0.1, -0.05) is 17.7 Å². The van der Waals surface area contributed by atoms with Gasteiger partial charge in [0, 0.05) is 5.56 Å². The van der Waals surface area contributed by atoms with E-state index in [9.17, 15) is 14.3 Å². The number of hydrogen-bond acceptors (Lipinski definition) is 3. The molecular formula is C23H17FN2O3. The molecule has 29 heavy (non-hydrogen) atoms. The molecule has 0 fully saturated rings. The van der Waals surface area contributed by atoms with E-state index in [-0.39, 0.29) is 11.5 Å². The molecule has 0 saturated carbocycles. The van der Waals surface area contributed by atoms with Gasteiger partial charge in [0.2, 0.25) is 0 Å². The van der Waals surface area contributed by atoms with E-state index >= 15 is 0 Å². The number of carboxylic acids is 1. The van der Waals surface area contributed by atoms with E-state index in [1.54, 1.807) is 36.4 Å². The Morgan fingerprint density at radius 1 is 0.931 bits per heavy atom. The zero-order valence-electron chi connectivity index (χ0n) is 15.5. The van der Waals surface area contributed by atoms with Crippen molar-refractivity contribution in [1.29, 1.82) is 0 Å². The van der Waals surface area contributed by atoms with Gasteiger partial charge in [0.05, 0.1) is 11.4 Å². The number of ether oxygens (including phenoxy) is 1. The molecule has 6 heteroatoms. The van der Waals surface area contributed by atoms with Crippen LogP contribution in [-0.4, -0.2) is 20.9 Å².